The molecule has 0 aromatic carbocycles. The topological polar surface area (TPSA) is 75.7 Å². The molecule has 1 saturated heterocycles. The van der Waals surface area contributed by atoms with E-state index in [4.69, 9.17) is 4.74 Å². The summed E-state index contributed by atoms with van der Waals surface area (Å²) in [5.74, 6) is 0. The van der Waals surface area contributed by atoms with Gasteiger partial charge in [-0.15, -0.1) is 0 Å². The predicted molar refractivity (Wildman–Crippen MR) is 59.1 cm³/mol. The van der Waals surface area contributed by atoms with Gasteiger partial charge in [-0.1, -0.05) is 0 Å². The number of nitrogens with one attached hydrogen (secondary N) is 1. The normalized spacial score (nSPS) is 23.2. The minimum Gasteiger partial charge on any atom is -0.443 e. The summed E-state index contributed by atoms with van der Waals surface area (Å²) >= 11 is 0. The molecule has 1 rings (SSSR count). The van der Waals surface area contributed by atoms with E-state index in [1.807, 2.05) is 0 Å². The summed E-state index contributed by atoms with van der Waals surface area (Å²) in [4.78, 5) is 11.6. The molecule has 6 nitrogen and oxygen atoms in total. The highest BCUT2D eigenvalue weighted by molar-refractivity contribution is 7.88. The number of rotatable bonds is 0. The fraction of sp³-hybridized carbons (Fsp3) is 0.889. The molecule has 1 heterocycles. The maximum absolute atomic E-state index is 11.6. The minimum absolute atomic E-state index is 0.0737. The Morgan fingerprint density at radius 1 is 1.38 bits per heavy atom. The molecule has 0 aliphatic carbocycles. The van der Waals surface area contributed by atoms with E-state index in [1.165, 1.54) is 0 Å². The van der Waals surface area contributed by atoms with Gasteiger partial charge in [0.05, 0.1) is 6.54 Å². The van der Waals surface area contributed by atoms with Crippen LogP contribution in [0, 0.1) is 0 Å². The van der Waals surface area contributed by atoms with E-state index < -0.39 is 27.4 Å². The molecule has 1 N–H and O–H groups in total. The molecule has 1 aliphatic heterocycles. The maximum Gasteiger partial charge on any atom is 0.425 e. The van der Waals surface area contributed by atoms with Crippen molar-refractivity contribution in [1.82, 2.24) is 9.03 Å². The third-order valence-electron chi connectivity index (χ3n) is 1.83. The summed E-state index contributed by atoms with van der Waals surface area (Å²) in [7, 11) is -3.76. The molecule has 0 aromatic rings. The van der Waals surface area contributed by atoms with Crippen molar-refractivity contribution in [3.8, 4) is 0 Å². The van der Waals surface area contributed by atoms with Crippen LogP contribution in [0.3, 0.4) is 0 Å². The maximum atomic E-state index is 11.6. The number of amides is 1. The van der Waals surface area contributed by atoms with Crippen LogP contribution in [-0.2, 0) is 14.9 Å². The molecular formula is C9H18N2O4S. The van der Waals surface area contributed by atoms with Gasteiger partial charge in [-0.25, -0.2) is 4.79 Å². The molecule has 0 spiro atoms. The van der Waals surface area contributed by atoms with Gasteiger partial charge in [0.2, 0.25) is 0 Å². The van der Waals surface area contributed by atoms with Crippen LogP contribution in [0.1, 0.15) is 34.6 Å². The third kappa shape index (κ3) is 3.08. The Morgan fingerprint density at radius 2 is 1.88 bits per heavy atom. The molecule has 0 radical (unpaired) electrons. The van der Waals surface area contributed by atoms with Crippen LogP contribution in [-0.4, -0.2) is 36.5 Å². The standard InChI is InChI=1S/C9H18N2O4S/c1-8(2,3)15-7(12)11-6-9(4,5)10-16(11,13)14/h10H,6H2,1-5H3. The van der Waals surface area contributed by atoms with E-state index in [-0.39, 0.29) is 6.54 Å². The molecule has 7 heteroatoms. The minimum atomic E-state index is -3.76. The van der Waals surface area contributed by atoms with Crippen molar-refractivity contribution in [1.29, 1.82) is 0 Å². The summed E-state index contributed by atoms with van der Waals surface area (Å²) < 4.78 is 31.4. The van der Waals surface area contributed by atoms with Gasteiger partial charge in [0.1, 0.15) is 5.60 Å². The van der Waals surface area contributed by atoms with Gasteiger partial charge in [-0.2, -0.15) is 17.4 Å². The number of hydrogen-bond donors (Lipinski definition) is 1. The predicted octanol–water partition coefficient (Wildman–Crippen LogP) is 0.850. The Hall–Kier alpha value is -0.820. The van der Waals surface area contributed by atoms with Gasteiger partial charge in [0, 0.05) is 5.54 Å². The first-order valence-corrected chi connectivity index (χ1v) is 6.42. The second-order valence-electron chi connectivity index (χ2n) is 5.48. The monoisotopic (exact) mass is 250 g/mol. The molecule has 1 amide bonds. The van der Waals surface area contributed by atoms with Gasteiger partial charge in [0.25, 0.3) is 0 Å². The van der Waals surface area contributed by atoms with Crippen molar-refractivity contribution in [2.75, 3.05) is 6.54 Å². The van der Waals surface area contributed by atoms with E-state index in [0.717, 1.165) is 4.31 Å². The third-order valence-corrected chi connectivity index (χ3v) is 3.50. The number of hydrogen-bond acceptors (Lipinski definition) is 4. The van der Waals surface area contributed by atoms with Crippen LogP contribution in [0.25, 0.3) is 0 Å². The highest BCUT2D eigenvalue weighted by Gasteiger charge is 2.45. The lowest BCUT2D eigenvalue weighted by Gasteiger charge is -2.23. The molecule has 0 atom stereocenters. The first kappa shape index (κ1) is 13.2. The van der Waals surface area contributed by atoms with Crippen LogP contribution in [0.4, 0.5) is 4.79 Å². The van der Waals surface area contributed by atoms with Gasteiger partial charge in [0.15, 0.2) is 0 Å². The number of carbonyl (C=O) groups excluding carboxylic acids is 1. The molecule has 94 valence electrons. The Bertz CT molecular complexity index is 394. The number of nitrogens with zero attached hydrogens (tertiary/aromatic N) is 1. The SMILES string of the molecule is CC1(C)CN(C(=O)OC(C)(C)C)S(=O)(=O)N1. The van der Waals surface area contributed by atoms with E-state index in [9.17, 15) is 13.2 Å². The van der Waals surface area contributed by atoms with E-state index in [1.54, 1.807) is 34.6 Å². The van der Waals surface area contributed by atoms with Crippen molar-refractivity contribution >= 4 is 16.3 Å². The lowest BCUT2D eigenvalue weighted by atomic mass is 10.1. The molecule has 0 bridgehead atoms. The van der Waals surface area contributed by atoms with Gasteiger partial charge < -0.3 is 4.74 Å². The summed E-state index contributed by atoms with van der Waals surface area (Å²) in [6.07, 6.45) is -0.842. The molecule has 1 fully saturated rings. The lowest BCUT2D eigenvalue weighted by molar-refractivity contribution is 0.0390. The summed E-state index contributed by atoms with van der Waals surface area (Å²) in [5.41, 5.74) is -1.37. The highest BCUT2D eigenvalue weighted by atomic mass is 32.2. The Kier molecular flexibility index (Phi) is 2.98. The summed E-state index contributed by atoms with van der Waals surface area (Å²) in [5, 5.41) is 0. The first-order valence-electron chi connectivity index (χ1n) is 4.98. The Morgan fingerprint density at radius 3 is 2.19 bits per heavy atom. The van der Waals surface area contributed by atoms with Gasteiger partial charge in [-0.3, -0.25) is 0 Å². The van der Waals surface area contributed by atoms with E-state index in [2.05, 4.69) is 4.72 Å². The van der Waals surface area contributed by atoms with Crippen molar-refractivity contribution in [2.24, 2.45) is 0 Å². The first-order chi connectivity index (χ1) is 6.93. The number of ether oxygens (including phenoxy) is 1. The molecule has 0 aromatic heterocycles. The van der Waals surface area contributed by atoms with Crippen LogP contribution in [0.2, 0.25) is 0 Å². The van der Waals surface area contributed by atoms with Crippen molar-refractivity contribution < 1.29 is 17.9 Å². The second-order valence-corrected chi connectivity index (χ2v) is 7.07. The molecular weight excluding hydrogens is 232 g/mol. The number of carbonyl (C=O) groups is 1. The van der Waals surface area contributed by atoms with Crippen molar-refractivity contribution in [3.05, 3.63) is 0 Å². The molecule has 0 saturated carbocycles. The van der Waals surface area contributed by atoms with Crippen molar-refractivity contribution in [2.45, 2.75) is 45.8 Å². The zero-order chi connectivity index (χ0) is 12.8. The highest BCUT2D eigenvalue weighted by Crippen LogP contribution is 2.21. The van der Waals surface area contributed by atoms with Crippen LogP contribution in [0.5, 0.6) is 0 Å². The second kappa shape index (κ2) is 3.59. The Labute approximate surface area is 96.1 Å². The quantitative estimate of drug-likeness (QED) is 0.691. The van der Waals surface area contributed by atoms with E-state index in [0.29, 0.717) is 0 Å². The Balaban J connectivity index is 2.87. The van der Waals surface area contributed by atoms with Crippen LogP contribution >= 0.6 is 0 Å². The summed E-state index contributed by atoms with van der Waals surface area (Å²) in [6.45, 7) is 8.54. The zero-order valence-electron chi connectivity index (χ0n) is 10.2. The molecule has 16 heavy (non-hydrogen) atoms. The average Bonchev–Trinajstić information content (AvgIpc) is 2.14. The smallest absolute Gasteiger partial charge is 0.425 e. The van der Waals surface area contributed by atoms with Crippen LogP contribution in [0.15, 0.2) is 0 Å². The van der Waals surface area contributed by atoms with E-state index >= 15 is 0 Å². The summed E-state index contributed by atoms with van der Waals surface area (Å²) in [6, 6.07) is 0. The zero-order valence-corrected chi connectivity index (χ0v) is 11.0. The fourth-order valence-electron chi connectivity index (χ4n) is 1.36. The van der Waals surface area contributed by atoms with Gasteiger partial charge >= 0.3 is 16.3 Å². The lowest BCUT2D eigenvalue weighted by Crippen LogP contribution is -2.39. The molecule has 0 unspecified atom stereocenters. The van der Waals surface area contributed by atoms with Gasteiger partial charge in [-0.05, 0) is 34.6 Å². The largest absolute Gasteiger partial charge is 0.443 e. The fourth-order valence-corrected chi connectivity index (χ4v) is 2.96. The van der Waals surface area contributed by atoms with Crippen LogP contribution < -0.4 is 4.72 Å². The van der Waals surface area contributed by atoms with Crippen molar-refractivity contribution in [3.63, 3.8) is 0 Å². The average molecular weight is 250 g/mol. The molecule has 1 aliphatic rings.